The zero-order chi connectivity index (χ0) is 12.8. The van der Waals surface area contributed by atoms with E-state index in [9.17, 15) is 10.2 Å². The number of aliphatic hydroxyl groups is 4. The molecule has 4 N–H and O–H groups in total. The van der Waals surface area contributed by atoms with E-state index in [-0.39, 0.29) is 18.4 Å². The second kappa shape index (κ2) is 7.22. The standard InChI is InChI=1S/C12H26O4/c1-9(14)6-11(16)7-10(15)4-5-12(2,3)8-13/h9-11,13-16H,4-8H2,1-3H3. The number of hydrogen-bond acceptors (Lipinski definition) is 4. The highest BCUT2D eigenvalue weighted by Crippen LogP contribution is 2.23. The van der Waals surface area contributed by atoms with Crippen LogP contribution in [-0.4, -0.2) is 45.3 Å². The maximum atomic E-state index is 9.67. The van der Waals surface area contributed by atoms with Crippen LogP contribution in [0, 0.1) is 5.41 Å². The minimum atomic E-state index is -0.660. The summed E-state index contributed by atoms with van der Waals surface area (Å²) in [4.78, 5) is 0. The van der Waals surface area contributed by atoms with Crippen molar-refractivity contribution < 1.29 is 20.4 Å². The van der Waals surface area contributed by atoms with Crippen LogP contribution in [0.4, 0.5) is 0 Å². The van der Waals surface area contributed by atoms with E-state index in [4.69, 9.17) is 10.2 Å². The van der Waals surface area contributed by atoms with Crippen molar-refractivity contribution in [1.82, 2.24) is 0 Å². The van der Waals surface area contributed by atoms with E-state index in [0.717, 1.165) is 0 Å². The van der Waals surface area contributed by atoms with Gasteiger partial charge in [0.15, 0.2) is 0 Å². The first-order valence-electron chi connectivity index (χ1n) is 5.92. The van der Waals surface area contributed by atoms with E-state index in [2.05, 4.69) is 0 Å². The Kier molecular flexibility index (Phi) is 7.15. The Morgan fingerprint density at radius 1 is 1.00 bits per heavy atom. The molecule has 3 unspecified atom stereocenters. The summed E-state index contributed by atoms with van der Waals surface area (Å²) in [6.07, 6.45) is 0.0755. The first-order chi connectivity index (χ1) is 7.26. The smallest absolute Gasteiger partial charge is 0.0589 e. The molecule has 0 rings (SSSR count). The summed E-state index contributed by atoms with van der Waals surface area (Å²) in [5, 5.41) is 37.3. The van der Waals surface area contributed by atoms with Gasteiger partial charge in [0.05, 0.1) is 18.3 Å². The average Bonchev–Trinajstić information content (AvgIpc) is 2.13. The van der Waals surface area contributed by atoms with Crippen molar-refractivity contribution in [2.75, 3.05) is 6.61 Å². The van der Waals surface area contributed by atoms with Crippen LogP contribution < -0.4 is 0 Å². The van der Waals surface area contributed by atoms with Gasteiger partial charge in [-0.2, -0.15) is 0 Å². The SMILES string of the molecule is CC(O)CC(O)CC(O)CCC(C)(C)CO. The molecule has 0 amide bonds. The topological polar surface area (TPSA) is 80.9 Å². The van der Waals surface area contributed by atoms with E-state index < -0.39 is 18.3 Å². The van der Waals surface area contributed by atoms with Gasteiger partial charge in [-0.15, -0.1) is 0 Å². The minimum Gasteiger partial charge on any atom is -0.396 e. The molecule has 0 saturated carbocycles. The molecule has 16 heavy (non-hydrogen) atoms. The van der Waals surface area contributed by atoms with Crippen molar-refractivity contribution in [2.45, 2.75) is 64.8 Å². The Morgan fingerprint density at radius 2 is 1.56 bits per heavy atom. The number of hydrogen-bond donors (Lipinski definition) is 4. The summed E-state index contributed by atoms with van der Waals surface area (Å²) >= 11 is 0. The molecule has 0 aliphatic carbocycles. The van der Waals surface area contributed by atoms with Crippen molar-refractivity contribution >= 4 is 0 Å². The Bertz CT molecular complexity index is 180. The molecule has 0 spiro atoms. The van der Waals surface area contributed by atoms with Gasteiger partial charge in [0.1, 0.15) is 0 Å². The van der Waals surface area contributed by atoms with Crippen molar-refractivity contribution in [2.24, 2.45) is 5.41 Å². The van der Waals surface area contributed by atoms with Crippen LogP contribution in [0.15, 0.2) is 0 Å². The molecule has 0 aliphatic heterocycles. The molecule has 0 radical (unpaired) electrons. The molecular formula is C12H26O4. The molecule has 0 saturated heterocycles. The summed E-state index contributed by atoms with van der Waals surface area (Å²) in [7, 11) is 0. The maximum absolute atomic E-state index is 9.67. The third kappa shape index (κ3) is 8.05. The Labute approximate surface area is 97.9 Å². The van der Waals surface area contributed by atoms with Crippen molar-refractivity contribution in [1.29, 1.82) is 0 Å². The molecule has 0 heterocycles. The quantitative estimate of drug-likeness (QED) is 0.497. The summed E-state index contributed by atoms with van der Waals surface area (Å²) in [5.41, 5.74) is -0.184. The van der Waals surface area contributed by atoms with Crippen LogP contribution in [0.2, 0.25) is 0 Å². The highest BCUT2D eigenvalue weighted by molar-refractivity contribution is 4.72. The molecule has 4 heteroatoms. The van der Waals surface area contributed by atoms with Crippen LogP contribution in [0.5, 0.6) is 0 Å². The fourth-order valence-corrected chi connectivity index (χ4v) is 1.56. The molecular weight excluding hydrogens is 208 g/mol. The van der Waals surface area contributed by atoms with Crippen LogP contribution in [0.25, 0.3) is 0 Å². The van der Waals surface area contributed by atoms with Gasteiger partial charge in [0, 0.05) is 6.61 Å². The molecule has 0 fully saturated rings. The zero-order valence-electron chi connectivity index (χ0n) is 10.6. The van der Waals surface area contributed by atoms with E-state index in [1.807, 2.05) is 13.8 Å². The van der Waals surface area contributed by atoms with Gasteiger partial charge in [-0.05, 0) is 38.0 Å². The van der Waals surface area contributed by atoms with E-state index >= 15 is 0 Å². The van der Waals surface area contributed by atoms with Gasteiger partial charge in [-0.1, -0.05) is 13.8 Å². The highest BCUT2D eigenvalue weighted by atomic mass is 16.3. The van der Waals surface area contributed by atoms with Crippen LogP contribution >= 0.6 is 0 Å². The van der Waals surface area contributed by atoms with E-state index in [1.54, 1.807) is 6.92 Å². The van der Waals surface area contributed by atoms with Crippen LogP contribution in [-0.2, 0) is 0 Å². The van der Waals surface area contributed by atoms with Gasteiger partial charge >= 0.3 is 0 Å². The Morgan fingerprint density at radius 3 is 2.00 bits per heavy atom. The van der Waals surface area contributed by atoms with E-state index in [1.165, 1.54) is 0 Å². The lowest BCUT2D eigenvalue weighted by Gasteiger charge is -2.24. The monoisotopic (exact) mass is 234 g/mol. The number of rotatable bonds is 8. The lowest BCUT2D eigenvalue weighted by Crippen LogP contribution is -2.24. The van der Waals surface area contributed by atoms with Crippen molar-refractivity contribution in [3.05, 3.63) is 0 Å². The molecule has 0 aromatic rings. The highest BCUT2D eigenvalue weighted by Gasteiger charge is 2.20. The minimum absolute atomic E-state index is 0.0932. The maximum Gasteiger partial charge on any atom is 0.0589 e. The third-order valence-corrected chi connectivity index (χ3v) is 2.74. The molecule has 0 aromatic heterocycles. The van der Waals surface area contributed by atoms with Gasteiger partial charge in [-0.3, -0.25) is 0 Å². The zero-order valence-corrected chi connectivity index (χ0v) is 10.6. The summed E-state index contributed by atoms with van der Waals surface area (Å²) in [6, 6.07) is 0. The third-order valence-electron chi connectivity index (χ3n) is 2.74. The first-order valence-corrected chi connectivity index (χ1v) is 5.92. The fourth-order valence-electron chi connectivity index (χ4n) is 1.56. The van der Waals surface area contributed by atoms with Crippen molar-refractivity contribution in [3.63, 3.8) is 0 Å². The summed E-state index contributed by atoms with van der Waals surface area (Å²) in [5.74, 6) is 0. The van der Waals surface area contributed by atoms with Gasteiger partial charge in [-0.25, -0.2) is 0 Å². The number of aliphatic hydroxyl groups excluding tert-OH is 4. The second-order valence-corrected chi connectivity index (χ2v) is 5.49. The molecule has 0 aromatic carbocycles. The average molecular weight is 234 g/mol. The van der Waals surface area contributed by atoms with Gasteiger partial charge in [0.2, 0.25) is 0 Å². The fraction of sp³-hybridized carbons (Fsp3) is 1.00. The predicted octanol–water partition coefficient (Wildman–Crippen LogP) is 0.668. The first kappa shape index (κ1) is 15.8. The molecule has 0 bridgehead atoms. The van der Waals surface area contributed by atoms with Gasteiger partial charge in [0.25, 0.3) is 0 Å². The Balaban J connectivity index is 3.77. The normalized spacial score (nSPS) is 18.2. The largest absolute Gasteiger partial charge is 0.396 e. The second-order valence-electron chi connectivity index (χ2n) is 5.49. The lowest BCUT2D eigenvalue weighted by molar-refractivity contribution is 0.0345. The predicted molar refractivity (Wildman–Crippen MR) is 63.0 cm³/mol. The molecule has 98 valence electrons. The molecule has 3 atom stereocenters. The lowest BCUT2D eigenvalue weighted by atomic mass is 9.87. The van der Waals surface area contributed by atoms with Gasteiger partial charge < -0.3 is 20.4 Å². The molecule has 4 nitrogen and oxygen atoms in total. The van der Waals surface area contributed by atoms with Crippen molar-refractivity contribution in [3.8, 4) is 0 Å². The Hall–Kier alpha value is -0.160. The van der Waals surface area contributed by atoms with Crippen LogP contribution in [0.3, 0.4) is 0 Å². The summed E-state index contributed by atoms with van der Waals surface area (Å²) in [6.45, 7) is 5.58. The molecule has 0 aliphatic rings. The summed E-state index contributed by atoms with van der Waals surface area (Å²) < 4.78 is 0. The van der Waals surface area contributed by atoms with Crippen LogP contribution in [0.1, 0.15) is 46.5 Å². The van der Waals surface area contributed by atoms with E-state index in [0.29, 0.717) is 19.3 Å².